The monoisotopic (exact) mass is 414 g/mol. The van der Waals surface area contributed by atoms with Gasteiger partial charge in [0.15, 0.2) is 0 Å². The van der Waals surface area contributed by atoms with Crippen molar-refractivity contribution in [2.24, 2.45) is 0 Å². The molecule has 0 spiro atoms. The third-order valence-electron chi connectivity index (χ3n) is 7.19. The minimum atomic E-state index is 0.312. The van der Waals surface area contributed by atoms with Gasteiger partial charge in [-0.2, -0.15) is 0 Å². The van der Waals surface area contributed by atoms with E-state index in [4.69, 9.17) is 0 Å². The second-order valence-corrected chi connectivity index (χ2v) is 9.12. The number of fused-ring (bicyclic) bond motifs is 2. The molecule has 0 N–H and O–H groups in total. The van der Waals surface area contributed by atoms with Crippen LogP contribution in [0, 0.1) is 13.8 Å². The maximum atomic E-state index is 2.42. The third-order valence-corrected chi connectivity index (χ3v) is 7.19. The highest BCUT2D eigenvalue weighted by Gasteiger charge is 2.22. The van der Waals surface area contributed by atoms with Crippen molar-refractivity contribution in [3.8, 4) is 0 Å². The Bertz CT molecular complexity index is 1290. The molecule has 158 valence electrons. The van der Waals surface area contributed by atoms with Crippen LogP contribution in [0.2, 0.25) is 0 Å². The van der Waals surface area contributed by atoms with Crippen LogP contribution in [0.1, 0.15) is 59.1 Å². The predicted octanol–water partition coefficient (Wildman–Crippen LogP) is 8.91. The van der Waals surface area contributed by atoms with Crippen LogP contribution in [-0.2, 0) is 0 Å². The Balaban J connectivity index is 1.91. The summed E-state index contributed by atoms with van der Waals surface area (Å²) in [6.07, 6.45) is 0. The van der Waals surface area contributed by atoms with Crippen molar-refractivity contribution in [3.05, 3.63) is 130 Å². The molecule has 0 heteroatoms. The number of rotatable bonds is 4. The van der Waals surface area contributed by atoms with Crippen LogP contribution in [0.5, 0.6) is 0 Å². The van der Waals surface area contributed by atoms with Gasteiger partial charge in [0.25, 0.3) is 0 Å². The van der Waals surface area contributed by atoms with Gasteiger partial charge in [-0.1, -0.05) is 111 Å². The van der Waals surface area contributed by atoms with Gasteiger partial charge in [-0.05, 0) is 68.8 Å². The van der Waals surface area contributed by atoms with E-state index in [-0.39, 0.29) is 0 Å². The lowest BCUT2D eigenvalue weighted by Crippen LogP contribution is -2.05. The first-order chi connectivity index (χ1) is 15.6. The highest BCUT2D eigenvalue weighted by atomic mass is 14.3. The molecule has 0 saturated heterocycles. The minimum Gasteiger partial charge on any atom is -0.0622 e. The van der Waals surface area contributed by atoms with Crippen LogP contribution < -0.4 is 0 Å². The van der Waals surface area contributed by atoms with Crippen LogP contribution in [0.3, 0.4) is 0 Å². The van der Waals surface area contributed by atoms with Crippen molar-refractivity contribution >= 4 is 21.5 Å². The van der Waals surface area contributed by atoms with E-state index in [1.54, 1.807) is 0 Å². The van der Waals surface area contributed by atoms with Gasteiger partial charge in [0, 0.05) is 11.8 Å². The first-order valence-corrected chi connectivity index (χ1v) is 11.6. The highest BCUT2D eigenvalue weighted by molar-refractivity contribution is 6.07. The molecule has 0 heterocycles. The fourth-order valence-electron chi connectivity index (χ4n) is 5.25. The summed E-state index contributed by atoms with van der Waals surface area (Å²) in [6, 6.07) is 35.7. The lowest BCUT2D eigenvalue weighted by molar-refractivity contribution is 0.929. The number of hydrogen-bond donors (Lipinski definition) is 0. The zero-order valence-electron chi connectivity index (χ0n) is 19.4. The smallest absolute Gasteiger partial charge is 0.00733 e. The third kappa shape index (κ3) is 3.41. The van der Waals surface area contributed by atoms with Gasteiger partial charge in [-0.25, -0.2) is 0 Å². The van der Waals surface area contributed by atoms with Gasteiger partial charge in [0.05, 0.1) is 0 Å². The summed E-state index contributed by atoms with van der Waals surface area (Å²) >= 11 is 0. The average molecular weight is 415 g/mol. The lowest BCUT2D eigenvalue weighted by atomic mass is 9.78. The molecular weight excluding hydrogens is 384 g/mol. The van der Waals surface area contributed by atoms with E-state index in [2.05, 4.69) is 125 Å². The van der Waals surface area contributed by atoms with Crippen LogP contribution in [0.4, 0.5) is 0 Å². The fraction of sp³-hybridized carbons (Fsp3) is 0.188. The summed E-state index contributed by atoms with van der Waals surface area (Å²) in [5.41, 5.74) is 8.31. The number of hydrogen-bond acceptors (Lipinski definition) is 0. The van der Waals surface area contributed by atoms with E-state index in [1.165, 1.54) is 54.9 Å². The molecule has 0 bridgehead atoms. The Kier molecular flexibility index (Phi) is 5.31. The SMILES string of the molecule is Cc1cc2c(C(C)c3ccccc3)c3ccccc3c(C(C)c3ccccc3)c2cc1C. The van der Waals surface area contributed by atoms with Gasteiger partial charge in [0.2, 0.25) is 0 Å². The predicted molar refractivity (Wildman–Crippen MR) is 139 cm³/mol. The molecule has 5 rings (SSSR count). The molecule has 0 saturated carbocycles. The molecule has 0 amide bonds. The molecular formula is C32H30. The van der Waals surface area contributed by atoms with Gasteiger partial charge in [0.1, 0.15) is 0 Å². The molecule has 5 aromatic rings. The number of aryl methyl sites for hydroxylation is 2. The quantitative estimate of drug-likeness (QED) is 0.257. The van der Waals surface area contributed by atoms with E-state index in [1.807, 2.05) is 0 Å². The molecule has 2 atom stereocenters. The fourth-order valence-corrected chi connectivity index (χ4v) is 5.25. The summed E-state index contributed by atoms with van der Waals surface area (Å²) in [5.74, 6) is 0.624. The molecule has 0 aliphatic heterocycles. The summed E-state index contributed by atoms with van der Waals surface area (Å²) < 4.78 is 0. The second-order valence-electron chi connectivity index (χ2n) is 9.12. The van der Waals surface area contributed by atoms with E-state index >= 15 is 0 Å². The zero-order valence-corrected chi connectivity index (χ0v) is 19.4. The van der Waals surface area contributed by atoms with E-state index in [9.17, 15) is 0 Å². The average Bonchev–Trinajstić information content (AvgIpc) is 2.84. The Morgan fingerprint density at radius 1 is 0.438 bits per heavy atom. The molecule has 0 nitrogen and oxygen atoms in total. The van der Waals surface area contributed by atoms with E-state index in [0.29, 0.717) is 11.8 Å². The van der Waals surface area contributed by atoms with Gasteiger partial charge in [-0.15, -0.1) is 0 Å². The highest BCUT2D eigenvalue weighted by Crippen LogP contribution is 2.44. The van der Waals surface area contributed by atoms with Crippen molar-refractivity contribution in [1.29, 1.82) is 0 Å². The molecule has 0 aliphatic rings. The van der Waals surface area contributed by atoms with Crippen molar-refractivity contribution in [2.75, 3.05) is 0 Å². The summed E-state index contributed by atoms with van der Waals surface area (Å²) in [7, 11) is 0. The van der Waals surface area contributed by atoms with Crippen molar-refractivity contribution in [2.45, 2.75) is 39.5 Å². The van der Waals surface area contributed by atoms with E-state index in [0.717, 1.165) is 0 Å². The van der Waals surface area contributed by atoms with Gasteiger partial charge >= 0.3 is 0 Å². The van der Waals surface area contributed by atoms with E-state index < -0.39 is 0 Å². The van der Waals surface area contributed by atoms with Gasteiger partial charge < -0.3 is 0 Å². The normalized spacial score (nSPS) is 13.4. The molecule has 0 aliphatic carbocycles. The number of benzene rings is 5. The van der Waals surface area contributed by atoms with Crippen molar-refractivity contribution < 1.29 is 0 Å². The maximum Gasteiger partial charge on any atom is 0.00733 e. The topological polar surface area (TPSA) is 0 Å². The molecule has 5 aromatic carbocycles. The summed E-state index contributed by atoms with van der Waals surface area (Å²) in [4.78, 5) is 0. The molecule has 2 unspecified atom stereocenters. The molecule has 0 radical (unpaired) electrons. The molecule has 0 aromatic heterocycles. The Hall–Kier alpha value is -3.38. The minimum absolute atomic E-state index is 0.312. The van der Waals surface area contributed by atoms with Crippen LogP contribution in [-0.4, -0.2) is 0 Å². The van der Waals surface area contributed by atoms with Crippen LogP contribution >= 0.6 is 0 Å². The zero-order chi connectivity index (χ0) is 22.2. The first-order valence-electron chi connectivity index (χ1n) is 11.6. The lowest BCUT2D eigenvalue weighted by Gasteiger charge is -2.25. The Morgan fingerprint density at radius 3 is 1.16 bits per heavy atom. The Morgan fingerprint density at radius 2 is 0.781 bits per heavy atom. The van der Waals surface area contributed by atoms with Crippen LogP contribution in [0.25, 0.3) is 21.5 Å². The van der Waals surface area contributed by atoms with Crippen LogP contribution in [0.15, 0.2) is 97.1 Å². The maximum absolute atomic E-state index is 2.42. The summed E-state index contributed by atoms with van der Waals surface area (Å²) in [5, 5.41) is 5.52. The summed E-state index contributed by atoms with van der Waals surface area (Å²) in [6.45, 7) is 9.18. The van der Waals surface area contributed by atoms with Crippen molar-refractivity contribution in [3.63, 3.8) is 0 Å². The Labute approximate surface area is 191 Å². The largest absolute Gasteiger partial charge is 0.0622 e. The standard InChI is InChI=1S/C32H30/c1-21-19-29-30(20-22(21)2)32(24(4)26-15-9-6-10-16-26)28-18-12-11-17-27(28)31(29)23(3)25-13-7-5-8-14-25/h5-20,23-24H,1-4H3. The van der Waals surface area contributed by atoms with Gasteiger partial charge in [-0.3, -0.25) is 0 Å². The first kappa shape index (κ1) is 20.5. The molecule has 0 fully saturated rings. The second kappa shape index (κ2) is 8.28. The molecule has 32 heavy (non-hydrogen) atoms. The van der Waals surface area contributed by atoms with Crippen molar-refractivity contribution in [1.82, 2.24) is 0 Å².